The van der Waals surface area contributed by atoms with E-state index < -0.39 is 22.9 Å². The second-order valence-electron chi connectivity index (χ2n) is 5.42. The number of nitrogens with zero attached hydrogens (tertiary/aromatic N) is 1. The van der Waals surface area contributed by atoms with E-state index in [0.29, 0.717) is 10.6 Å². The van der Waals surface area contributed by atoms with E-state index in [1.807, 2.05) is 0 Å². The van der Waals surface area contributed by atoms with E-state index in [4.69, 9.17) is 11.6 Å². The van der Waals surface area contributed by atoms with Crippen molar-refractivity contribution >= 4 is 22.6 Å². The molecule has 0 atom stereocenters. The second-order valence-corrected chi connectivity index (χ2v) is 5.86. The van der Waals surface area contributed by atoms with Crippen LogP contribution >= 0.6 is 11.6 Å². The topological polar surface area (TPSA) is 54.9 Å². The third-order valence-corrected chi connectivity index (χ3v) is 4.14. The number of halogens is 4. The number of aromatic nitrogens is 2. The van der Waals surface area contributed by atoms with E-state index in [1.165, 1.54) is 30.3 Å². The smallest absolute Gasteiger partial charge is 0.316 e. The first-order valence-electron chi connectivity index (χ1n) is 7.36. The molecule has 130 valence electrons. The molecule has 8 heteroatoms. The molecule has 3 rings (SSSR count). The number of aromatic amines is 1. The lowest BCUT2D eigenvalue weighted by atomic mass is 9.98. The molecule has 0 unspecified atom stereocenters. The number of rotatable bonds is 2. The Balaban J connectivity index is 2.45. The third kappa shape index (κ3) is 3.07. The summed E-state index contributed by atoms with van der Waals surface area (Å²) in [6.45, 7) is 1.80. The van der Waals surface area contributed by atoms with Crippen LogP contribution in [0.3, 0.4) is 0 Å². The van der Waals surface area contributed by atoms with Crippen molar-refractivity contribution in [2.24, 2.45) is 0 Å². The molecule has 1 aromatic heterocycles. The first-order valence-corrected chi connectivity index (χ1v) is 7.74. The minimum Gasteiger partial charge on any atom is -0.316 e. The predicted molar refractivity (Wildman–Crippen MR) is 90.0 cm³/mol. The van der Waals surface area contributed by atoms with Gasteiger partial charge < -0.3 is 9.55 Å². The summed E-state index contributed by atoms with van der Waals surface area (Å²) in [6.07, 6.45) is -4.63. The van der Waals surface area contributed by atoms with Crippen LogP contribution in [0.15, 0.2) is 46.0 Å². The highest BCUT2D eigenvalue weighted by molar-refractivity contribution is 6.30. The summed E-state index contributed by atoms with van der Waals surface area (Å²) in [4.78, 5) is 25.9. The van der Waals surface area contributed by atoms with Crippen molar-refractivity contribution in [2.75, 3.05) is 0 Å². The van der Waals surface area contributed by atoms with Crippen LogP contribution in [-0.2, 0) is 12.7 Å². The maximum Gasteiger partial charge on any atom is 0.417 e. The van der Waals surface area contributed by atoms with Gasteiger partial charge in [-0.3, -0.25) is 9.59 Å². The minimum atomic E-state index is -4.63. The molecular weight excluding hydrogens is 357 g/mol. The number of fused-ring (bicyclic) bond motifs is 1. The Bertz CT molecular complexity index is 1070. The SMILES string of the molecule is CCn1c(=O)c(=O)[nH]c2cc(C(F)(F)F)c(-c3ccc(Cl)cc3)cc21. The Hall–Kier alpha value is -2.54. The highest BCUT2D eigenvalue weighted by Gasteiger charge is 2.34. The summed E-state index contributed by atoms with van der Waals surface area (Å²) in [7, 11) is 0. The van der Waals surface area contributed by atoms with Gasteiger partial charge in [-0.05, 0) is 42.3 Å². The summed E-state index contributed by atoms with van der Waals surface area (Å²) >= 11 is 5.80. The van der Waals surface area contributed by atoms with Gasteiger partial charge in [0.2, 0.25) is 0 Å². The Kier molecular flexibility index (Phi) is 4.20. The first-order chi connectivity index (χ1) is 11.7. The fourth-order valence-electron chi connectivity index (χ4n) is 2.74. The highest BCUT2D eigenvalue weighted by atomic mass is 35.5. The maximum atomic E-state index is 13.5. The zero-order valence-corrected chi connectivity index (χ0v) is 13.7. The first kappa shape index (κ1) is 17.3. The molecule has 0 aliphatic carbocycles. The molecule has 4 nitrogen and oxygen atoms in total. The molecular formula is C17H12ClF3N2O2. The Morgan fingerprint density at radius 1 is 1.12 bits per heavy atom. The molecule has 1 heterocycles. The van der Waals surface area contributed by atoms with Crippen molar-refractivity contribution in [3.8, 4) is 11.1 Å². The monoisotopic (exact) mass is 368 g/mol. The number of nitrogens with one attached hydrogen (secondary N) is 1. The van der Waals surface area contributed by atoms with Crippen LogP contribution in [0.2, 0.25) is 5.02 Å². The van der Waals surface area contributed by atoms with Gasteiger partial charge in [0, 0.05) is 11.6 Å². The average molecular weight is 369 g/mol. The van der Waals surface area contributed by atoms with E-state index in [-0.39, 0.29) is 23.1 Å². The van der Waals surface area contributed by atoms with Gasteiger partial charge in [0.05, 0.1) is 16.6 Å². The van der Waals surface area contributed by atoms with Crippen LogP contribution < -0.4 is 11.1 Å². The predicted octanol–water partition coefficient (Wildman–Crippen LogP) is 4.05. The van der Waals surface area contributed by atoms with E-state index in [0.717, 1.165) is 10.6 Å². The van der Waals surface area contributed by atoms with Gasteiger partial charge in [-0.25, -0.2) is 0 Å². The molecule has 0 saturated heterocycles. The van der Waals surface area contributed by atoms with Gasteiger partial charge in [-0.15, -0.1) is 0 Å². The zero-order chi connectivity index (χ0) is 18.4. The molecule has 0 amide bonds. The molecule has 0 bridgehead atoms. The van der Waals surface area contributed by atoms with Crippen LogP contribution in [0.25, 0.3) is 22.2 Å². The largest absolute Gasteiger partial charge is 0.417 e. The van der Waals surface area contributed by atoms with Crippen molar-refractivity contribution in [1.29, 1.82) is 0 Å². The second kappa shape index (κ2) is 6.07. The molecule has 1 N–H and O–H groups in total. The van der Waals surface area contributed by atoms with E-state index in [1.54, 1.807) is 6.92 Å². The van der Waals surface area contributed by atoms with Crippen LogP contribution in [-0.4, -0.2) is 9.55 Å². The van der Waals surface area contributed by atoms with Crippen molar-refractivity contribution in [3.05, 3.63) is 67.7 Å². The number of aryl methyl sites for hydroxylation is 1. The van der Waals surface area contributed by atoms with Crippen LogP contribution in [0, 0.1) is 0 Å². The molecule has 3 aromatic rings. The van der Waals surface area contributed by atoms with Gasteiger partial charge in [0.25, 0.3) is 0 Å². The minimum absolute atomic E-state index is 0.0449. The van der Waals surface area contributed by atoms with E-state index in [2.05, 4.69) is 4.98 Å². The van der Waals surface area contributed by atoms with Crippen LogP contribution in [0.5, 0.6) is 0 Å². The van der Waals surface area contributed by atoms with Crippen molar-refractivity contribution in [2.45, 2.75) is 19.6 Å². The number of hydrogen-bond acceptors (Lipinski definition) is 2. The van der Waals surface area contributed by atoms with Gasteiger partial charge in [0.1, 0.15) is 0 Å². The van der Waals surface area contributed by atoms with Gasteiger partial charge >= 0.3 is 17.3 Å². The molecule has 0 fully saturated rings. The lowest BCUT2D eigenvalue weighted by Gasteiger charge is -2.16. The number of hydrogen-bond donors (Lipinski definition) is 1. The molecule has 0 aliphatic heterocycles. The molecule has 0 radical (unpaired) electrons. The third-order valence-electron chi connectivity index (χ3n) is 3.89. The summed E-state index contributed by atoms with van der Waals surface area (Å²) in [5.74, 6) is 0. The van der Waals surface area contributed by atoms with E-state index in [9.17, 15) is 22.8 Å². The molecule has 0 spiro atoms. The number of alkyl halides is 3. The number of benzene rings is 2. The molecule has 0 aliphatic rings. The summed E-state index contributed by atoms with van der Waals surface area (Å²) in [5.41, 5.74) is -2.27. The maximum absolute atomic E-state index is 13.5. The summed E-state index contributed by atoms with van der Waals surface area (Å²) in [6, 6.07) is 8.04. The lowest BCUT2D eigenvalue weighted by Crippen LogP contribution is -2.36. The fourth-order valence-corrected chi connectivity index (χ4v) is 2.86. The average Bonchev–Trinajstić information content (AvgIpc) is 2.55. The van der Waals surface area contributed by atoms with Crippen molar-refractivity contribution in [1.82, 2.24) is 9.55 Å². The highest BCUT2D eigenvalue weighted by Crippen LogP contribution is 2.39. The van der Waals surface area contributed by atoms with Crippen molar-refractivity contribution < 1.29 is 13.2 Å². The lowest BCUT2D eigenvalue weighted by molar-refractivity contribution is -0.137. The normalized spacial score (nSPS) is 11.9. The number of H-pyrrole nitrogens is 1. The molecule has 25 heavy (non-hydrogen) atoms. The molecule has 0 saturated carbocycles. The van der Waals surface area contributed by atoms with Crippen molar-refractivity contribution in [3.63, 3.8) is 0 Å². The molecule has 2 aromatic carbocycles. The zero-order valence-electron chi connectivity index (χ0n) is 12.9. The standard InChI is InChI=1S/C17H12ClF3N2O2/c1-2-23-14-7-11(9-3-5-10(18)6-4-9)12(17(19,20)21)8-13(14)22-15(24)16(23)25/h3-8H,2H2,1H3,(H,22,24). The van der Waals surface area contributed by atoms with E-state index >= 15 is 0 Å². The summed E-state index contributed by atoms with van der Waals surface area (Å²) in [5, 5.41) is 0.396. The van der Waals surface area contributed by atoms with Crippen LogP contribution in [0.4, 0.5) is 13.2 Å². The quantitative estimate of drug-likeness (QED) is 0.694. The Morgan fingerprint density at radius 2 is 1.76 bits per heavy atom. The fraction of sp³-hybridized carbons (Fsp3) is 0.176. The Morgan fingerprint density at radius 3 is 2.32 bits per heavy atom. The van der Waals surface area contributed by atoms with Crippen LogP contribution in [0.1, 0.15) is 12.5 Å². The summed E-state index contributed by atoms with van der Waals surface area (Å²) < 4.78 is 41.7. The van der Waals surface area contributed by atoms with Gasteiger partial charge in [-0.2, -0.15) is 13.2 Å². The van der Waals surface area contributed by atoms with Gasteiger partial charge in [0.15, 0.2) is 0 Å². The van der Waals surface area contributed by atoms with Gasteiger partial charge in [-0.1, -0.05) is 23.7 Å². The Labute approximate surface area is 144 Å².